The molecule has 0 saturated carbocycles. The fourth-order valence-corrected chi connectivity index (χ4v) is 10.3. The highest BCUT2D eigenvalue weighted by Gasteiger charge is 2.19. The summed E-state index contributed by atoms with van der Waals surface area (Å²) in [5.74, 6) is 0. The Labute approximate surface area is 333 Å². The second-order valence-corrected chi connectivity index (χ2v) is 16.0. The van der Waals surface area contributed by atoms with Crippen LogP contribution >= 0.6 is 11.3 Å². The van der Waals surface area contributed by atoms with Crippen LogP contribution in [-0.4, -0.2) is 9.13 Å². The third kappa shape index (κ3) is 5.03. The van der Waals surface area contributed by atoms with Gasteiger partial charge in [0, 0.05) is 53.1 Å². The molecular weight excluding hydrogens is 709 g/mol. The molecule has 0 N–H and O–H groups in total. The SMILES string of the molecule is c1ccc(-c2ccc(-c3ccc(-n4c5ccccc5c5cc6c7ccccc7n(-c7ccc(-c8cccc9c8sc8ccccc89)cc7)c6cc54)cc3)cc2)cc1. The molecule has 12 aromatic rings. The first kappa shape index (κ1) is 32.1. The van der Waals surface area contributed by atoms with E-state index in [9.17, 15) is 0 Å². The van der Waals surface area contributed by atoms with E-state index < -0.39 is 0 Å². The molecule has 0 amide bonds. The Morgan fingerprint density at radius 1 is 0.281 bits per heavy atom. The molecule has 0 fully saturated rings. The summed E-state index contributed by atoms with van der Waals surface area (Å²) in [6.07, 6.45) is 0. The monoisotopic (exact) mass is 742 g/mol. The van der Waals surface area contributed by atoms with Crippen LogP contribution in [0, 0.1) is 0 Å². The Bertz CT molecular complexity index is 3470. The lowest BCUT2D eigenvalue weighted by Crippen LogP contribution is -1.96. The van der Waals surface area contributed by atoms with E-state index in [4.69, 9.17) is 0 Å². The molecule has 0 aliphatic rings. The maximum absolute atomic E-state index is 2.44. The first-order valence-corrected chi connectivity index (χ1v) is 20.3. The predicted octanol–water partition coefficient (Wildman–Crippen LogP) is 15.2. The molecule has 0 aliphatic carbocycles. The van der Waals surface area contributed by atoms with Gasteiger partial charge in [0.05, 0.1) is 22.1 Å². The van der Waals surface area contributed by atoms with E-state index in [1.807, 2.05) is 11.3 Å². The van der Waals surface area contributed by atoms with Crippen molar-refractivity contribution in [2.75, 3.05) is 0 Å². The minimum Gasteiger partial charge on any atom is -0.309 e. The summed E-state index contributed by atoms with van der Waals surface area (Å²) in [6, 6.07) is 75.6. The van der Waals surface area contributed by atoms with Crippen molar-refractivity contribution in [1.29, 1.82) is 0 Å². The van der Waals surface area contributed by atoms with Crippen LogP contribution in [-0.2, 0) is 0 Å². The van der Waals surface area contributed by atoms with Crippen molar-refractivity contribution < 1.29 is 0 Å². The fraction of sp³-hybridized carbons (Fsp3) is 0. The highest BCUT2D eigenvalue weighted by atomic mass is 32.1. The molecule has 2 nitrogen and oxygen atoms in total. The van der Waals surface area contributed by atoms with E-state index in [-0.39, 0.29) is 0 Å². The van der Waals surface area contributed by atoms with E-state index in [0.717, 1.165) is 11.4 Å². The van der Waals surface area contributed by atoms with Crippen LogP contribution in [0.2, 0.25) is 0 Å². The van der Waals surface area contributed by atoms with Crippen LogP contribution in [0.25, 0.3) is 109 Å². The molecule has 0 spiro atoms. The normalized spacial score (nSPS) is 11.9. The molecule has 12 rings (SSSR count). The van der Waals surface area contributed by atoms with Gasteiger partial charge in [0.1, 0.15) is 0 Å². The van der Waals surface area contributed by atoms with Crippen LogP contribution < -0.4 is 0 Å². The van der Waals surface area contributed by atoms with Crippen LogP contribution in [0.5, 0.6) is 0 Å². The number of fused-ring (bicyclic) bond motifs is 9. The van der Waals surface area contributed by atoms with E-state index in [2.05, 4.69) is 215 Å². The highest BCUT2D eigenvalue weighted by Crippen LogP contribution is 2.42. The zero-order valence-corrected chi connectivity index (χ0v) is 31.7. The van der Waals surface area contributed by atoms with Gasteiger partial charge in [-0.1, -0.05) is 152 Å². The van der Waals surface area contributed by atoms with Crippen LogP contribution in [0.3, 0.4) is 0 Å². The molecule has 3 heteroatoms. The van der Waals surface area contributed by atoms with Gasteiger partial charge in [0.15, 0.2) is 0 Å². The van der Waals surface area contributed by atoms with Crippen LogP contribution in [0.4, 0.5) is 0 Å². The quantitative estimate of drug-likeness (QED) is 0.166. The maximum Gasteiger partial charge on any atom is 0.0562 e. The van der Waals surface area contributed by atoms with Crippen molar-refractivity contribution >= 4 is 75.1 Å². The number of benzene rings is 9. The summed E-state index contributed by atoms with van der Waals surface area (Å²) in [4.78, 5) is 0. The number of hydrogen-bond donors (Lipinski definition) is 0. The summed E-state index contributed by atoms with van der Waals surface area (Å²) in [5.41, 5.74) is 14.5. The molecule has 0 bridgehead atoms. The van der Waals surface area contributed by atoms with Gasteiger partial charge < -0.3 is 9.13 Å². The minimum absolute atomic E-state index is 1.15. The average molecular weight is 743 g/mol. The van der Waals surface area contributed by atoms with Gasteiger partial charge in [0.2, 0.25) is 0 Å². The van der Waals surface area contributed by atoms with Crippen molar-refractivity contribution in [3.8, 4) is 44.8 Å². The van der Waals surface area contributed by atoms with E-state index in [0.29, 0.717) is 0 Å². The number of nitrogens with zero attached hydrogens (tertiary/aromatic N) is 2. The fourth-order valence-electron chi connectivity index (χ4n) is 9.04. The van der Waals surface area contributed by atoms with Gasteiger partial charge in [0.25, 0.3) is 0 Å². The van der Waals surface area contributed by atoms with Gasteiger partial charge in [-0.15, -0.1) is 11.3 Å². The molecule has 0 aliphatic heterocycles. The van der Waals surface area contributed by atoms with Gasteiger partial charge in [-0.25, -0.2) is 0 Å². The van der Waals surface area contributed by atoms with Gasteiger partial charge >= 0.3 is 0 Å². The van der Waals surface area contributed by atoms with E-state index >= 15 is 0 Å². The van der Waals surface area contributed by atoms with Crippen molar-refractivity contribution in [1.82, 2.24) is 9.13 Å². The summed E-state index contributed by atoms with van der Waals surface area (Å²) >= 11 is 1.88. The molecule has 0 unspecified atom stereocenters. The number of rotatable bonds is 5. The predicted molar refractivity (Wildman–Crippen MR) is 244 cm³/mol. The summed E-state index contributed by atoms with van der Waals surface area (Å²) < 4.78 is 7.55. The Kier molecular flexibility index (Phi) is 7.13. The molecule has 0 radical (unpaired) electrons. The lowest BCUT2D eigenvalue weighted by atomic mass is 10.0. The maximum atomic E-state index is 2.44. The van der Waals surface area contributed by atoms with Crippen LogP contribution in [0.1, 0.15) is 0 Å². The standard InChI is InChI=1S/C54H34N2S/c1-2-11-35(12-3-1)36-21-23-37(24-22-36)38-25-29-40(30-26-38)55-49-18-7-4-13-43(49)47-33-48-44-14-5-8-19-50(44)56(52(48)34-51(47)55)41-31-27-39(28-32-41)42-16-10-17-46-45-15-6-9-20-53(45)57-54(42)46/h1-34H. The largest absolute Gasteiger partial charge is 0.309 e. The first-order valence-electron chi connectivity index (χ1n) is 19.5. The van der Waals surface area contributed by atoms with Gasteiger partial charge in [-0.05, 0) is 88.0 Å². The molecule has 0 saturated heterocycles. The number of para-hydroxylation sites is 2. The lowest BCUT2D eigenvalue weighted by molar-refractivity contribution is 1.16. The zero-order valence-electron chi connectivity index (χ0n) is 30.9. The topological polar surface area (TPSA) is 9.86 Å². The first-order chi connectivity index (χ1) is 28.3. The second kappa shape index (κ2) is 12.7. The van der Waals surface area contributed by atoms with Crippen molar-refractivity contribution in [2.45, 2.75) is 0 Å². The number of aromatic nitrogens is 2. The number of thiophene rings is 1. The van der Waals surface area contributed by atoms with E-state index in [1.165, 1.54) is 97.2 Å². The third-order valence-corrected chi connectivity index (χ3v) is 13.0. The molecule has 0 atom stereocenters. The molecule has 3 heterocycles. The molecular formula is C54H34N2S. The molecule has 266 valence electrons. The highest BCUT2D eigenvalue weighted by molar-refractivity contribution is 7.26. The molecule has 9 aromatic carbocycles. The van der Waals surface area contributed by atoms with Crippen LogP contribution in [0.15, 0.2) is 206 Å². The average Bonchev–Trinajstić information content (AvgIpc) is 3.94. The lowest BCUT2D eigenvalue weighted by Gasteiger charge is -2.12. The smallest absolute Gasteiger partial charge is 0.0562 e. The van der Waals surface area contributed by atoms with Crippen molar-refractivity contribution in [3.05, 3.63) is 206 Å². The zero-order chi connectivity index (χ0) is 37.5. The van der Waals surface area contributed by atoms with E-state index in [1.54, 1.807) is 0 Å². The van der Waals surface area contributed by atoms with Gasteiger partial charge in [-0.3, -0.25) is 0 Å². The number of hydrogen-bond acceptors (Lipinski definition) is 1. The Morgan fingerprint density at radius 3 is 1.33 bits per heavy atom. The van der Waals surface area contributed by atoms with Gasteiger partial charge in [-0.2, -0.15) is 0 Å². The summed E-state index contributed by atoms with van der Waals surface area (Å²) in [6.45, 7) is 0. The Morgan fingerprint density at radius 2 is 0.737 bits per heavy atom. The third-order valence-electron chi connectivity index (χ3n) is 11.8. The summed E-state index contributed by atoms with van der Waals surface area (Å²) in [7, 11) is 0. The summed E-state index contributed by atoms with van der Waals surface area (Å²) in [5, 5.41) is 7.68. The molecule has 3 aromatic heterocycles. The Hall–Kier alpha value is -7.20. The minimum atomic E-state index is 1.15. The Balaban J connectivity index is 0.993. The molecule has 57 heavy (non-hydrogen) atoms. The van der Waals surface area contributed by atoms with Crippen molar-refractivity contribution in [2.24, 2.45) is 0 Å². The second-order valence-electron chi connectivity index (χ2n) is 14.9. The van der Waals surface area contributed by atoms with Crippen molar-refractivity contribution in [3.63, 3.8) is 0 Å².